The van der Waals surface area contributed by atoms with Crippen LogP contribution in [0.2, 0.25) is 10.0 Å². The van der Waals surface area contributed by atoms with Gasteiger partial charge >= 0.3 is 0 Å². The zero-order chi connectivity index (χ0) is 25.9. The van der Waals surface area contributed by atoms with E-state index in [1.54, 1.807) is 25.6 Å². The van der Waals surface area contributed by atoms with Gasteiger partial charge in [-0.2, -0.15) is 0 Å². The molecule has 11 heteroatoms. The average molecular weight is 546 g/mol. The van der Waals surface area contributed by atoms with E-state index in [9.17, 15) is 4.39 Å². The molecule has 0 bridgehead atoms. The fraction of sp³-hybridized carbons (Fsp3) is 0.308. The molecule has 0 amide bonds. The molecule has 1 aliphatic rings. The molecule has 4 aromatic rings. The minimum atomic E-state index is -0.719. The van der Waals surface area contributed by atoms with E-state index in [0.717, 1.165) is 56.3 Å². The number of morpholine rings is 1. The first-order valence-electron chi connectivity index (χ1n) is 11.9. The van der Waals surface area contributed by atoms with E-state index >= 15 is 0 Å². The molecule has 194 valence electrons. The highest BCUT2D eigenvalue weighted by Crippen LogP contribution is 2.41. The monoisotopic (exact) mass is 545 g/mol. The van der Waals surface area contributed by atoms with E-state index in [-0.39, 0.29) is 21.6 Å². The molecule has 0 aliphatic carbocycles. The van der Waals surface area contributed by atoms with Gasteiger partial charge in [-0.15, -0.1) is 0 Å². The van der Waals surface area contributed by atoms with Gasteiger partial charge in [0.2, 0.25) is 5.75 Å². The quantitative estimate of drug-likeness (QED) is 0.268. The molecular weight excluding hydrogens is 520 g/mol. The number of aromatic nitrogens is 2. The second-order valence-corrected chi connectivity index (χ2v) is 9.48. The number of nitrogens with one attached hydrogen (secondary N) is 1. The second kappa shape index (κ2) is 11.1. The van der Waals surface area contributed by atoms with Crippen molar-refractivity contribution in [2.75, 3.05) is 50.4 Å². The van der Waals surface area contributed by atoms with Crippen molar-refractivity contribution in [3.8, 4) is 16.9 Å². The molecule has 4 heterocycles. The number of fused-ring (bicyclic) bond motifs is 1. The van der Waals surface area contributed by atoms with Crippen molar-refractivity contribution in [3.63, 3.8) is 0 Å². The molecule has 1 atom stereocenters. The number of furan rings is 1. The fourth-order valence-electron chi connectivity index (χ4n) is 4.29. The summed E-state index contributed by atoms with van der Waals surface area (Å²) in [6.07, 6.45) is 4.28. The molecule has 0 radical (unpaired) electrons. The topological polar surface area (TPSA) is 98.7 Å². The maximum atomic E-state index is 14.0. The van der Waals surface area contributed by atoms with E-state index in [1.165, 1.54) is 12.1 Å². The lowest BCUT2D eigenvalue weighted by Gasteiger charge is -2.26. The molecule has 37 heavy (non-hydrogen) atoms. The van der Waals surface area contributed by atoms with Crippen LogP contribution in [0.4, 0.5) is 16.0 Å². The van der Waals surface area contributed by atoms with Gasteiger partial charge in [0, 0.05) is 60.3 Å². The van der Waals surface area contributed by atoms with Crippen LogP contribution in [-0.4, -0.2) is 54.3 Å². The Bertz CT molecular complexity index is 1390. The summed E-state index contributed by atoms with van der Waals surface area (Å²) in [5, 5.41) is 4.22. The Hall–Kier alpha value is -3.11. The molecule has 0 spiro atoms. The normalized spacial score (nSPS) is 15.1. The summed E-state index contributed by atoms with van der Waals surface area (Å²) in [7, 11) is 0. The van der Waals surface area contributed by atoms with Crippen LogP contribution in [0.3, 0.4) is 0 Å². The minimum Gasteiger partial charge on any atom is -0.478 e. The lowest BCUT2D eigenvalue weighted by Crippen LogP contribution is -2.39. The van der Waals surface area contributed by atoms with Crippen LogP contribution in [-0.2, 0) is 4.74 Å². The molecule has 3 N–H and O–H groups in total. The number of nitrogens with zero attached hydrogens (tertiary/aromatic N) is 3. The van der Waals surface area contributed by atoms with Gasteiger partial charge in [-0.3, -0.25) is 4.90 Å². The number of ether oxygens (including phenoxy) is 2. The van der Waals surface area contributed by atoms with E-state index in [4.69, 9.17) is 42.8 Å². The number of nitrogen functional groups attached to an aromatic ring is 1. The number of rotatable bonds is 8. The molecule has 0 unspecified atom stereocenters. The first-order chi connectivity index (χ1) is 17.9. The van der Waals surface area contributed by atoms with Gasteiger partial charge in [-0.05, 0) is 31.2 Å². The number of hydrogen-bond acceptors (Lipinski definition) is 8. The minimum absolute atomic E-state index is 0.108. The van der Waals surface area contributed by atoms with Crippen LogP contribution in [0.1, 0.15) is 18.6 Å². The van der Waals surface area contributed by atoms with E-state index < -0.39 is 11.9 Å². The average Bonchev–Trinajstić information content (AvgIpc) is 3.34. The van der Waals surface area contributed by atoms with E-state index in [0.29, 0.717) is 16.5 Å². The number of hydrogen-bond donors (Lipinski definition) is 2. The molecule has 1 aromatic carbocycles. The van der Waals surface area contributed by atoms with Crippen molar-refractivity contribution in [2.24, 2.45) is 0 Å². The predicted molar refractivity (Wildman–Crippen MR) is 143 cm³/mol. The van der Waals surface area contributed by atoms with Crippen LogP contribution in [0.15, 0.2) is 47.3 Å². The number of halogens is 3. The first kappa shape index (κ1) is 25.5. The largest absolute Gasteiger partial charge is 0.478 e. The molecule has 3 aromatic heterocycles. The van der Waals surface area contributed by atoms with Gasteiger partial charge in [0.05, 0.1) is 29.9 Å². The Balaban J connectivity index is 1.34. The van der Waals surface area contributed by atoms with Crippen molar-refractivity contribution in [1.29, 1.82) is 0 Å². The van der Waals surface area contributed by atoms with Gasteiger partial charge in [-0.25, -0.2) is 14.4 Å². The van der Waals surface area contributed by atoms with Crippen LogP contribution < -0.4 is 15.8 Å². The lowest BCUT2D eigenvalue weighted by molar-refractivity contribution is 0.0398. The van der Waals surface area contributed by atoms with Crippen LogP contribution in [0, 0.1) is 5.82 Å². The number of anilines is 2. The SMILES string of the molecule is C[C@@H](Oc1c(N)ncc2c(-c3ccc(NCCN4CCOCC4)nc3)coc12)c1c(Cl)ccc(F)c1Cl. The highest BCUT2D eigenvalue weighted by atomic mass is 35.5. The highest BCUT2D eigenvalue weighted by molar-refractivity contribution is 6.36. The molecule has 1 aliphatic heterocycles. The van der Waals surface area contributed by atoms with Gasteiger partial charge in [0.25, 0.3) is 0 Å². The van der Waals surface area contributed by atoms with Gasteiger partial charge in [0.15, 0.2) is 11.4 Å². The summed E-state index contributed by atoms with van der Waals surface area (Å²) in [6, 6.07) is 6.51. The van der Waals surface area contributed by atoms with Gasteiger partial charge in [-0.1, -0.05) is 23.2 Å². The van der Waals surface area contributed by atoms with E-state index in [2.05, 4.69) is 20.2 Å². The molecule has 5 rings (SSSR count). The van der Waals surface area contributed by atoms with Crippen molar-refractivity contribution in [1.82, 2.24) is 14.9 Å². The molecular formula is C26H26Cl2FN5O3. The summed E-state index contributed by atoms with van der Waals surface area (Å²) in [4.78, 5) is 11.2. The fourth-order valence-corrected chi connectivity index (χ4v) is 4.97. The number of nitrogens with two attached hydrogens (primary N) is 1. The van der Waals surface area contributed by atoms with Crippen molar-refractivity contribution in [3.05, 3.63) is 64.3 Å². The van der Waals surface area contributed by atoms with Crippen LogP contribution in [0.25, 0.3) is 22.1 Å². The summed E-state index contributed by atoms with van der Waals surface area (Å²) in [5.41, 5.74) is 8.47. The van der Waals surface area contributed by atoms with Gasteiger partial charge < -0.3 is 24.9 Å². The maximum Gasteiger partial charge on any atom is 0.205 e. The Morgan fingerprint density at radius 3 is 2.73 bits per heavy atom. The lowest BCUT2D eigenvalue weighted by atomic mass is 10.1. The third kappa shape index (κ3) is 5.45. The van der Waals surface area contributed by atoms with Crippen molar-refractivity contribution >= 4 is 45.8 Å². The zero-order valence-corrected chi connectivity index (χ0v) is 21.7. The second-order valence-electron chi connectivity index (χ2n) is 8.69. The third-order valence-electron chi connectivity index (χ3n) is 6.29. The van der Waals surface area contributed by atoms with Crippen molar-refractivity contribution in [2.45, 2.75) is 13.0 Å². The Morgan fingerprint density at radius 2 is 1.97 bits per heavy atom. The first-order valence-corrected chi connectivity index (χ1v) is 12.6. The highest BCUT2D eigenvalue weighted by Gasteiger charge is 2.23. The zero-order valence-electron chi connectivity index (χ0n) is 20.1. The molecule has 0 saturated carbocycles. The Kier molecular flexibility index (Phi) is 7.66. The third-order valence-corrected chi connectivity index (χ3v) is 7.01. The Morgan fingerprint density at radius 1 is 1.16 bits per heavy atom. The smallest absolute Gasteiger partial charge is 0.205 e. The molecule has 1 saturated heterocycles. The summed E-state index contributed by atoms with van der Waals surface area (Å²) in [5.74, 6) is 0.547. The molecule has 1 fully saturated rings. The summed E-state index contributed by atoms with van der Waals surface area (Å²) >= 11 is 12.4. The Labute approximate surface area is 223 Å². The van der Waals surface area contributed by atoms with Crippen LogP contribution in [0.5, 0.6) is 5.75 Å². The standard InChI is InChI=1S/C26H26Cl2FN5O3/c1-15(22-19(27)3-4-20(29)23(22)28)37-25-24-17(13-33-26(25)30)18(14-36-24)16-2-5-21(32-12-16)31-6-7-34-8-10-35-11-9-34/h2-5,12-15H,6-11H2,1H3,(H2,30,33)(H,31,32)/t15-/m1/s1. The summed E-state index contributed by atoms with van der Waals surface area (Å²) in [6.45, 7) is 6.89. The van der Waals surface area contributed by atoms with E-state index in [1.807, 2.05) is 12.1 Å². The molecule has 8 nitrogen and oxygen atoms in total. The number of pyridine rings is 2. The van der Waals surface area contributed by atoms with Crippen LogP contribution >= 0.6 is 23.2 Å². The van der Waals surface area contributed by atoms with Gasteiger partial charge in [0.1, 0.15) is 17.7 Å². The number of benzene rings is 1. The maximum absolute atomic E-state index is 14.0. The summed E-state index contributed by atoms with van der Waals surface area (Å²) < 4.78 is 31.4. The predicted octanol–water partition coefficient (Wildman–Crippen LogP) is 5.80. The van der Waals surface area contributed by atoms with Crippen molar-refractivity contribution < 1.29 is 18.3 Å².